The van der Waals surface area contributed by atoms with Crippen LogP contribution in [0.4, 0.5) is 0 Å². The Kier molecular flexibility index (Phi) is 1.92. The first kappa shape index (κ1) is 6.39. The SMILES string of the molecule is [N-]=[N+]=NCC(O)C1CC1. The largest absolute Gasteiger partial charge is 0.393 e. The molecule has 0 amide bonds. The molecule has 9 heavy (non-hydrogen) atoms. The molecule has 1 rings (SSSR count). The van der Waals surface area contributed by atoms with Gasteiger partial charge in [-0.25, -0.2) is 0 Å². The Morgan fingerprint density at radius 3 is 2.89 bits per heavy atom. The van der Waals surface area contributed by atoms with Gasteiger partial charge in [-0.15, -0.1) is 0 Å². The third kappa shape index (κ3) is 1.91. The Balaban J connectivity index is 2.17. The van der Waals surface area contributed by atoms with Crippen molar-refractivity contribution in [2.75, 3.05) is 6.54 Å². The van der Waals surface area contributed by atoms with Crippen LogP contribution in [0, 0.1) is 5.92 Å². The molecule has 0 aromatic heterocycles. The van der Waals surface area contributed by atoms with Crippen LogP contribution in [0.25, 0.3) is 10.4 Å². The fourth-order valence-corrected chi connectivity index (χ4v) is 0.750. The van der Waals surface area contributed by atoms with Gasteiger partial charge in [0.15, 0.2) is 0 Å². The first-order valence-electron chi connectivity index (χ1n) is 3.03. The van der Waals surface area contributed by atoms with Crippen LogP contribution in [0.3, 0.4) is 0 Å². The second kappa shape index (κ2) is 2.71. The third-order valence-electron chi connectivity index (χ3n) is 1.50. The molecule has 0 aromatic rings. The van der Waals surface area contributed by atoms with Crippen LogP contribution in [0.2, 0.25) is 0 Å². The zero-order valence-corrected chi connectivity index (χ0v) is 5.06. The van der Waals surface area contributed by atoms with Gasteiger partial charge in [0.1, 0.15) is 0 Å². The van der Waals surface area contributed by atoms with Crippen molar-refractivity contribution < 1.29 is 5.11 Å². The molecule has 1 unspecified atom stereocenters. The van der Waals surface area contributed by atoms with Crippen molar-refractivity contribution in [1.29, 1.82) is 0 Å². The van der Waals surface area contributed by atoms with Crippen molar-refractivity contribution in [2.45, 2.75) is 18.9 Å². The van der Waals surface area contributed by atoms with E-state index in [2.05, 4.69) is 10.0 Å². The van der Waals surface area contributed by atoms with E-state index in [1.165, 1.54) is 0 Å². The van der Waals surface area contributed by atoms with E-state index in [1.807, 2.05) is 0 Å². The second-order valence-electron chi connectivity index (χ2n) is 2.32. The average Bonchev–Trinajstić information content (AvgIpc) is 2.63. The van der Waals surface area contributed by atoms with Gasteiger partial charge in [-0.05, 0) is 24.3 Å². The van der Waals surface area contributed by atoms with E-state index in [-0.39, 0.29) is 12.6 Å². The molecule has 1 atom stereocenters. The highest BCUT2D eigenvalue weighted by Gasteiger charge is 2.28. The maximum Gasteiger partial charge on any atom is 0.0624 e. The molecule has 1 saturated carbocycles. The van der Waals surface area contributed by atoms with Crippen molar-refractivity contribution in [3.8, 4) is 0 Å². The standard InChI is InChI=1S/C5H9N3O/c6-8-7-3-5(9)4-1-2-4/h4-5,9H,1-3H2. The molecule has 0 radical (unpaired) electrons. The quantitative estimate of drug-likeness (QED) is 0.344. The van der Waals surface area contributed by atoms with E-state index < -0.39 is 0 Å². The second-order valence-corrected chi connectivity index (χ2v) is 2.32. The smallest absolute Gasteiger partial charge is 0.0624 e. The number of azide groups is 1. The van der Waals surface area contributed by atoms with E-state index in [1.54, 1.807) is 0 Å². The van der Waals surface area contributed by atoms with E-state index in [9.17, 15) is 0 Å². The molecule has 1 aliphatic carbocycles. The third-order valence-corrected chi connectivity index (χ3v) is 1.50. The first-order valence-corrected chi connectivity index (χ1v) is 3.03. The van der Waals surface area contributed by atoms with Crippen molar-refractivity contribution >= 4 is 0 Å². The van der Waals surface area contributed by atoms with E-state index >= 15 is 0 Å². The van der Waals surface area contributed by atoms with Gasteiger partial charge in [-0.1, -0.05) is 5.11 Å². The summed E-state index contributed by atoms with van der Waals surface area (Å²) < 4.78 is 0. The lowest BCUT2D eigenvalue weighted by molar-refractivity contribution is 0.160. The van der Waals surface area contributed by atoms with Crippen LogP contribution in [0.1, 0.15) is 12.8 Å². The first-order chi connectivity index (χ1) is 4.34. The Morgan fingerprint density at radius 2 is 2.44 bits per heavy atom. The number of rotatable bonds is 3. The van der Waals surface area contributed by atoms with Crippen LogP contribution >= 0.6 is 0 Å². The van der Waals surface area contributed by atoms with Gasteiger partial charge < -0.3 is 5.11 Å². The van der Waals surface area contributed by atoms with Crippen molar-refractivity contribution in [1.82, 2.24) is 0 Å². The molecular weight excluding hydrogens is 118 g/mol. The molecular formula is C5H9N3O. The number of hydrogen-bond acceptors (Lipinski definition) is 2. The Labute approximate surface area is 53.1 Å². The zero-order valence-electron chi connectivity index (χ0n) is 5.06. The molecule has 0 bridgehead atoms. The van der Waals surface area contributed by atoms with Crippen LogP contribution in [-0.4, -0.2) is 17.8 Å². The van der Waals surface area contributed by atoms with E-state index in [0.29, 0.717) is 5.92 Å². The molecule has 1 aliphatic rings. The summed E-state index contributed by atoms with van der Waals surface area (Å²) in [6.07, 6.45) is 1.78. The Morgan fingerprint density at radius 1 is 1.78 bits per heavy atom. The number of aliphatic hydroxyl groups excluding tert-OH is 1. The molecule has 0 spiro atoms. The van der Waals surface area contributed by atoms with Gasteiger partial charge >= 0.3 is 0 Å². The number of nitrogens with zero attached hydrogens (tertiary/aromatic N) is 3. The van der Waals surface area contributed by atoms with Gasteiger partial charge in [0.2, 0.25) is 0 Å². The molecule has 0 aromatic carbocycles. The monoisotopic (exact) mass is 127 g/mol. The average molecular weight is 127 g/mol. The Bertz CT molecular complexity index is 137. The lowest BCUT2D eigenvalue weighted by atomic mass is 10.2. The van der Waals surface area contributed by atoms with Crippen LogP contribution in [0.15, 0.2) is 5.11 Å². The molecule has 4 nitrogen and oxygen atoms in total. The normalized spacial score (nSPS) is 20.6. The summed E-state index contributed by atoms with van der Waals surface area (Å²) >= 11 is 0. The minimum Gasteiger partial charge on any atom is -0.393 e. The Hall–Kier alpha value is -0.730. The molecule has 0 saturated heterocycles. The van der Waals surface area contributed by atoms with Crippen molar-refractivity contribution in [3.05, 3.63) is 10.4 Å². The van der Waals surface area contributed by atoms with Crippen LogP contribution in [0.5, 0.6) is 0 Å². The maximum atomic E-state index is 9.06. The topological polar surface area (TPSA) is 69.0 Å². The molecule has 0 heterocycles. The zero-order chi connectivity index (χ0) is 6.69. The fraction of sp³-hybridized carbons (Fsp3) is 1.00. The van der Waals surface area contributed by atoms with Crippen molar-refractivity contribution in [2.24, 2.45) is 11.0 Å². The summed E-state index contributed by atoms with van der Waals surface area (Å²) in [6.45, 7) is 0.237. The predicted octanol–water partition coefficient (Wildman–Crippen LogP) is 1.07. The summed E-state index contributed by atoms with van der Waals surface area (Å²) in [7, 11) is 0. The molecule has 4 heteroatoms. The molecule has 1 fully saturated rings. The highest BCUT2D eigenvalue weighted by molar-refractivity contribution is 4.81. The number of hydrogen-bond donors (Lipinski definition) is 1. The van der Waals surface area contributed by atoms with Crippen LogP contribution < -0.4 is 0 Å². The summed E-state index contributed by atoms with van der Waals surface area (Å²) in [4.78, 5) is 2.55. The molecule has 0 aliphatic heterocycles. The number of aliphatic hydroxyl groups is 1. The highest BCUT2D eigenvalue weighted by atomic mass is 16.3. The van der Waals surface area contributed by atoms with Gasteiger partial charge in [-0.3, -0.25) is 0 Å². The molecule has 50 valence electrons. The maximum absolute atomic E-state index is 9.06. The summed E-state index contributed by atoms with van der Waals surface area (Å²) in [5, 5.41) is 12.3. The fourth-order valence-electron chi connectivity index (χ4n) is 0.750. The molecule has 1 N–H and O–H groups in total. The lowest BCUT2D eigenvalue weighted by Gasteiger charge is -2.01. The van der Waals surface area contributed by atoms with Gasteiger partial charge in [0.05, 0.1) is 12.6 Å². The summed E-state index contributed by atoms with van der Waals surface area (Å²) in [6, 6.07) is 0. The summed E-state index contributed by atoms with van der Waals surface area (Å²) in [5.41, 5.74) is 7.86. The lowest BCUT2D eigenvalue weighted by Crippen LogP contribution is -2.12. The highest BCUT2D eigenvalue weighted by Crippen LogP contribution is 2.32. The van der Waals surface area contributed by atoms with Crippen LogP contribution in [-0.2, 0) is 0 Å². The van der Waals surface area contributed by atoms with Gasteiger partial charge in [0.25, 0.3) is 0 Å². The van der Waals surface area contributed by atoms with Crippen molar-refractivity contribution in [3.63, 3.8) is 0 Å². The summed E-state index contributed by atoms with van der Waals surface area (Å²) in [5.74, 6) is 0.412. The van der Waals surface area contributed by atoms with Gasteiger partial charge in [-0.2, -0.15) is 0 Å². The minimum atomic E-state index is -0.388. The van der Waals surface area contributed by atoms with Gasteiger partial charge in [0, 0.05) is 4.91 Å². The van der Waals surface area contributed by atoms with E-state index in [0.717, 1.165) is 12.8 Å². The van der Waals surface area contributed by atoms with E-state index in [4.69, 9.17) is 10.6 Å². The predicted molar refractivity (Wildman–Crippen MR) is 32.7 cm³/mol. The minimum absolute atomic E-state index is 0.237.